The van der Waals surface area contributed by atoms with Crippen molar-refractivity contribution in [3.63, 3.8) is 0 Å². The van der Waals surface area contributed by atoms with Gasteiger partial charge in [0.1, 0.15) is 11.9 Å². The highest BCUT2D eigenvalue weighted by Crippen LogP contribution is 2.39. The predicted molar refractivity (Wildman–Crippen MR) is 143 cm³/mol. The van der Waals surface area contributed by atoms with Crippen molar-refractivity contribution >= 4 is 33.8 Å². The second-order valence-electron chi connectivity index (χ2n) is 9.37. The minimum Gasteiger partial charge on any atom is -0.486 e. The van der Waals surface area contributed by atoms with E-state index >= 15 is 0 Å². The molecule has 6 nitrogen and oxygen atoms in total. The minimum atomic E-state index is -3.89. The monoisotopic (exact) mass is 505 g/mol. The fourth-order valence-corrected chi connectivity index (χ4v) is 5.98. The van der Waals surface area contributed by atoms with Crippen LogP contribution in [0.1, 0.15) is 54.9 Å². The summed E-state index contributed by atoms with van der Waals surface area (Å²) in [5, 5.41) is 9.12. The van der Waals surface area contributed by atoms with Gasteiger partial charge < -0.3 is 9.84 Å². The van der Waals surface area contributed by atoms with Crippen molar-refractivity contribution in [1.82, 2.24) is 0 Å². The Morgan fingerprint density at radius 2 is 1.86 bits per heavy atom. The van der Waals surface area contributed by atoms with Gasteiger partial charge in [0.15, 0.2) is 0 Å². The van der Waals surface area contributed by atoms with E-state index in [2.05, 4.69) is 26.0 Å². The maximum Gasteiger partial charge on any atom is 0.303 e. The van der Waals surface area contributed by atoms with Crippen LogP contribution in [0.25, 0.3) is 12.2 Å². The van der Waals surface area contributed by atoms with E-state index in [9.17, 15) is 13.2 Å². The predicted octanol–water partition coefficient (Wildman–Crippen LogP) is 6.11. The molecule has 0 saturated heterocycles. The summed E-state index contributed by atoms with van der Waals surface area (Å²) in [5.41, 5.74) is 4.47. The van der Waals surface area contributed by atoms with Gasteiger partial charge in [0.05, 0.1) is 17.1 Å². The number of benzene rings is 3. The van der Waals surface area contributed by atoms with E-state index in [1.54, 1.807) is 24.3 Å². The molecule has 1 aliphatic heterocycles. The lowest BCUT2D eigenvalue weighted by Gasteiger charge is -2.35. The largest absolute Gasteiger partial charge is 0.486 e. The second-order valence-corrected chi connectivity index (χ2v) is 11.2. The molecule has 1 heterocycles. The minimum absolute atomic E-state index is 0.0416. The molecule has 0 spiro atoms. The summed E-state index contributed by atoms with van der Waals surface area (Å²) in [6, 6.07) is 20.4. The quantitative estimate of drug-likeness (QED) is 0.374. The third-order valence-corrected chi connectivity index (χ3v) is 8.02. The molecule has 1 atom stereocenters. The SMILES string of the molecule is Cc1cccc(S(=O)(=O)N2C[C@H](CCC(=O)O)Oc3ccc(/C=C/c4ccccc4C(C)C)cc32)c1. The molecule has 188 valence electrons. The number of hydrogen-bond donors (Lipinski definition) is 1. The molecule has 36 heavy (non-hydrogen) atoms. The number of fused-ring (bicyclic) bond motifs is 1. The van der Waals surface area contributed by atoms with Crippen molar-refractivity contribution in [2.45, 2.75) is 50.5 Å². The third kappa shape index (κ3) is 5.62. The van der Waals surface area contributed by atoms with Crippen LogP contribution in [0.3, 0.4) is 0 Å². The number of aryl methyl sites for hydroxylation is 1. The lowest BCUT2D eigenvalue weighted by Crippen LogP contribution is -2.43. The van der Waals surface area contributed by atoms with Gasteiger partial charge in [-0.1, -0.05) is 68.5 Å². The Morgan fingerprint density at radius 3 is 2.58 bits per heavy atom. The molecule has 7 heteroatoms. The van der Waals surface area contributed by atoms with Crippen LogP contribution >= 0.6 is 0 Å². The van der Waals surface area contributed by atoms with Gasteiger partial charge in [-0.3, -0.25) is 9.10 Å². The van der Waals surface area contributed by atoms with Gasteiger partial charge >= 0.3 is 5.97 Å². The Kier molecular flexibility index (Phi) is 7.50. The number of aliphatic carboxylic acids is 1. The summed E-state index contributed by atoms with van der Waals surface area (Å²) < 4.78 is 34.9. The van der Waals surface area contributed by atoms with Crippen molar-refractivity contribution in [3.05, 3.63) is 89.0 Å². The number of anilines is 1. The molecule has 3 aromatic rings. The van der Waals surface area contributed by atoms with Crippen LogP contribution in [0, 0.1) is 6.92 Å². The average molecular weight is 506 g/mol. The standard InChI is InChI=1S/C29H31NO5S/c1-20(2)26-10-5-4-8-23(26)13-11-22-12-15-28-27(18-22)30(19-24(35-28)14-16-29(31)32)36(33,34)25-9-6-7-21(3)17-25/h4-13,15,17-18,20,24H,14,16,19H2,1-3H3,(H,31,32)/b13-11+/t24-/m0/s1. The number of sulfonamides is 1. The molecular formula is C29H31NO5S. The summed E-state index contributed by atoms with van der Waals surface area (Å²) in [6.07, 6.45) is 3.55. The van der Waals surface area contributed by atoms with E-state index in [1.807, 2.05) is 49.4 Å². The fourth-order valence-electron chi connectivity index (χ4n) is 4.37. The molecule has 1 N–H and O–H groups in total. The van der Waals surface area contributed by atoms with Crippen LogP contribution < -0.4 is 9.04 Å². The Labute approximate surface area is 212 Å². The van der Waals surface area contributed by atoms with Gasteiger partial charge in [0, 0.05) is 6.42 Å². The zero-order valence-electron chi connectivity index (χ0n) is 20.7. The summed E-state index contributed by atoms with van der Waals surface area (Å²) >= 11 is 0. The smallest absolute Gasteiger partial charge is 0.303 e. The summed E-state index contributed by atoms with van der Waals surface area (Å²) in [6.45, 7) is 6.19. The molecule has 4 rings (SSSR count). The molecule has 3 aromatic carbocycles. The van der Waals surface area contributed by atoms with E-state index in [0.29, 0.717) is 17.4 Å². The first-order chi connectivity index (χ1) is 17.1. The molecule has 0 bridgehead atoms. The van der Waals surface area contributed by atoms with E-state index in [-0.39, 0.29) is 24.3 Å². The van der Waals surface area contributed by atoms with Crippen LogP contribution in [0.2, 0.25) is 0 Å². The van der Waals surface area contributed by atoms with Crippen molar-refractivity contribution in [1.29, 1.82) is 0 Å². The molecule has 0 aromatic heterocycles. The van der Waals surface area contributed by atoms with Gasteiger partial charge in [-0.05, 0) is 65.8 Å². The number of ether oxygens (including phenoxy) is 1. The maximum atomic E-state index is 13.7. The number of rotatable bonds is 8. The first-order valence-electron chi connectivity index (χ1n) is 12.0. The molecule has 0 unspecified atom stereocenters. The van der Waals surface area contributed by atoms with E-state index in [1.165, 1.54) is 9.87 Å². The maximum absolute atomic E-state index is 13.7. The van der Waals surface area contributed by atoms with Gasteiger partial charge in [0.2, 0.25) is 0 Å². The summed E-state index contributed by atoms with van der Waals surface area (Å²) in [7, 11) is -3.89. The van der Waals surface area contributed by atoms with Crippen LogP contribution in [0.15, 0.2) is 71.6 Å². The summed E-state index contributed by atoms with van der Waals surface area (Å²) in [5.74, 6) is -0.146. The van der Waals surface area contributed by atoms with E-state index < -0.39 is 22.1 Å². The highest BCUT2D eigenvalue weighted by Gasteiger charge is 2.35. The lowest BCUT2D eigenvalue weighted by molar-refractivity contribution is -0.137. The van der Waals surface area contributed by atoms with Crippen LogP contribution in [-0.2, 0) is 14.8 Å². The molecule has 0 fully saturated rings. The van der Waals surface area contributed by atoms with Crippen LogP contribution in [0.4, 0.5) is 5.69 Å². The number of carboxylic acids is 1. The molecular weight excluding hydrogens is 474 g/mol. The number of nitrogens with zero attached hydrogens (tertiary/aromatic N) is 1. The van der Waals surface area contributed by atoms with Gasteiger partial charge in [0.25, 0.3) is 10.0 Å². The lowest BCUT2D eigenvalue weighted by atomic mass is 9.96. The third-order valence-electron chi connectivity index (χ3n) is 6.25. The molecule has 0 saturated carbocycles. The number of hydrogen-bond acceptors (Lipinski definition) is 4. The number of carbonyl (C=O) groups is 1. The van der Waals surface area contributed by atoms with E-state index in [4.69, 9.17) is 9.84 Å². The fraction of sp³-hybridized carbons (Fsp3) is 0.276. The Hall–Kier alpha value is -3.58. The Balaban J connectivity index is 1.73. The topological polar surface area (TPSA) is 83.9 Å². The molecule has 0 aliphatic carbocycles. The first kappa shape index (κ1) is 25.5. The zero-order valence-corrected chi connectivity index (χ0v) is 21.5. The summed E-state index contributed by atoms with van der Waals surface area (Å²) in [4.78, 5) is 11.3. The van der Waals surface area contributed by atoms with E-state index in [0.717, 1.165) is 16.7 Å². The van der Waals surface area contributed by atoms with Crippen LogP contribution in [-0.4, -0.2) is 32.1 Å². The van der Waals surface area contributed by atoms with Crippen molar-refractivity contribution in [2.24, 2.45) is 0 Å². The Bertz CT molecular complexity index is 1390. The van der Waals surface area contributed by atoms with Crippen molar-refractivity contribution in [3.8, 4) is 5.75 Å². The Morgan fingerprint density at radius 1 is 1.08 bits per heavy atom. The second kappa shape index (κ2) is 10.6. The van der Waals surface area contributed by atoms with Crippen molar-refractivity contribution < 1.29 is 23.1 Å². The highest BCUT2D eigenvalue weighted by molar-refractivity contribution is 7.92. The molecule has 1 aliphatic rings. The zero-order chi connectivity index (χ0) is 25.9. The highest BCUT2D eigenvalue weighted by atomic mass is 32.2. The normalized spacial score (nSPS) is 15.7. The van der Waals surface area contributed by atoms with Gasteiger partial charge in [-0.15, -0.1) is 0 Å². The molecule has 0 amide bonds. The first-order valence-corrected chi connectivity index (χ1v) is 13.5. The van der Waals surface area contributed by atoms with Gasteiger partial charge in [-0.2, -0.15) is 0 Å². The molecule has 0 radical (unpaired) electrons. The van der Waals surface area contributed by atoms with Gasteiger partial charge in [-0.25, -0.2) is 8.42 Å². The average Bonchev–Trinajstić information content (AvgIpc) is 2.85. The van der Waals surface area contributed by atoms with Crippen LogP contribution in [0.5, 0.6) is 5.75 Å². The van der Waals surface area contributed by atoms with Crippen molar-refractivity contribution in [2.75, 3.05) is 10.8 Å². The number of carboxylic acid groups (broad SMARTS) is 1.